The van der Waals surface area contributed by atoms with Crippen molar-refractivity contribution in [2.75, 3.05) is 26.2 Å². The van der Waals surface area contributed by atoms with E-state index in [1.165, 1.54) is 64.7 Å². The first-order chi connectivity index (χ1) is 9.02. The van der Waals surface area contributed by atoms with Crippen molar-refractivity contribution < 1.29 is 0 Å². The van der Waals surface area contributed by atoms with Crippen molar-refractivity contribution in [1.82, 2.24) is 10.2 Å². The molecule has 0 aromatic carbocycles. The van der Waals surface area contributed by atoms with Gasteiger partial charge in [-0.3, -0.25) is 0 Å². The van der Waals surface area contributed by atoms with Crippen LogP contribution in [0.25, 0.3) is 0 Å². The van der Waals surface area contributed by atoms with E-state index in [0.29, 0.717) is 10.8 Å². The van der Waals surface area contributed by atoms with Crippen LogP contribution in [0.3, 0.4) is 0 Å². The molecule has 2 heteroatoms. The zero-order valence-corrected chi connectivity index (χ0v) is 13.2. The minimum absolute atomic E-state index is 0.509. The third-order valence-electron chi connectivity index (χ3n) is 6.49. The topological polar surface area (TPSA) is 15.3 Å². The van der Waals surface area contributed by atoms with E-state index in [2.05, 4.69) is 31.0 Å². The fraction of sp³-hybridized carbons (Fsp3) is 1.00. The second-order valence-electron chi connectivity index (χ2n) is 8.20. The molecule has 0 radical (unpaired) electrons. The van der Waals surface area contributed by atoms with Crippen LogP contribution in [0, 0.1) is 16.7 Å². The van der Waals surface area contributed by atoms with E-state index >= 15 is 0 Å². The Balaban J connectivity index is 1.52. The fourth-order valence-electron chi connectivity index (χ4n) is 5.36. The van der Waals surface area contributed by atoms with Gasteiger partial charge in [-0.25, -0.2) is 0 Å². The Labute approximate surface area is 119 Å². The van der Waals surface area contributed by atoms with Crippen molar-refractivity contribution in [2.45, 2.75) is 65.3 Å². The van der Waals surface area contributed by atoms with Gasteiger partial charge in [0.25, 0.3) is 0 Å². The lowest BCUT2D eigenvalue weighted by Crippen LogP contribution is -2.52. The van der Waals surface area contributed by atoms with Crippen molar-refractivity contribution in [1.29, 1.82) is 0 Å². The summed E-state index contributed by atoms with van der Waals surface area (Å²) < 4.78 is 0. The Bertz CT molecular complexity index is 314. The zero-order chi connectivity index (χ0) is 13.5. The molecule has 3 aliphatic rings. The molecule has 3 fully saturated rings. The van der Waals surface area contributed by atoms with E-state index in [1.807, 2.05) is 0 Å². The molecule has 1 heterocycles. The monoisotopic (exact) mass is 264 g/mol. The summed E-state index contributed by atoms with van der Waals surface area (Å²) in [7, 11) is 0. The van der Waals surface area contributed by atoms with Crippen molar-refractivity contribution in [2.24, 2.45) is 16.7 Å². The number of hydrogen-bond donors (Lipinski definition) is 1. The van der Waals surface area contributed by atoms with Crippen LogP contribution in [0.1, 0.15) is 59.3 Å². The van der Waals surface area contributed by atoms with Crippen LogP contribution in [0.2, 0.25) is 0 Å². The van der Waals surface area contributed by atoms with Gasteiger partial charge in [-0.2, -0.15) is 0 Å². The van der Waals surface area contributed by atoms with Gasteiger partial charge >= 0.3 is 0 Å². The number of rotatable bonds is 4. The van der Waals surface area contributed by atoms with Crippen LogP contribution < -0.4 is 5.32 Å². The van der Waals surface area contributed by atoms with Crippen LogP contribution in [0.15, 0.2) is 0 Å². The first-order valence-electron chi connectivity index (χ1n) is 8.48. The normalized spacial score (nSPS) is 41.8. The lowest BCUT2D eigenvalue weighted by Gasteiger charge is -2.43. The molecule has 2 nitrogen and oxygen atoms in total. The summed E-state index contributed by atoms with van der Waals surface area (Å²) in [6, 6.07) is 0.739. The molecule has 0 aromatic rings. The average Bonchev–Trinajstić information content (AvgIpc) is 2.86. The molecule has 3 unspecified atom stereocenters. The number of nitrogens with one attached hydrogen (secondary N) is 1. The number of fused-ring (bicyclic) bond motifs is 2. The van der Waals surface area contributed by atoms with Crippen molar-refractivity contribution in [3.8, 4) is 0 Å². The van der Waals surface area contributed by atoms with Crippen LogP contribution in [0.4, 0.5) is 0 Å². The van der Waals surface area contributed by atoms with Gasteiger partial charge in [0.05, 0.1) is 0 Å². The van der Waals surface area contributed by atoms with E-state index in [1.54, 1.807) is 0 Å². The summed E-state index contributed by atoms with van der Waals surface area (Å²) in [6.07, 6.45) is 8.64. The second kappa shape index (κ2) is 5.04. The lowest BCUT2D eigenvalue weighted by atomic mass is 9.68. The maximum atomic E-state index is 3.95. The molecule has 110 valence electrons. The molecule has 0 amide bonds. The van der Waals surface area contributed by atoms with Crippen molar-refractivity contribution in [3.05, 3.63) is 0 Å². The summed E-state index contributed by atoms with van der Waals surface area (Å²) >= 11 is 0. The molecule has 1 aliphatic heterocycles. The van der Waals surface area contributed by atoms with Crippen molar-refractivity contribution in [3.63, 3.8) is 0 Å². The second-order valence-corrected chi connectivity index (χ2v) is 8.20. The minimum atomic E-state index is 0.509. The van der Waals surface area contributed by atoms with Gasteiger partial charge in [-0.15, -0.1) is 0 Å². The van der Waals surface area contributed by atoms with E-state index in [-0.39, 0.29) is 0 Å². The Morgan fingerprint density at radius 1 is 1.11 bits per heavy atom. The van der Waals surface area contributed by atoms with Gasteiger partial charge in [0.1, 0.15) is 0 Å². The van der Waals surface area contributed by atoms with Crippen LogP contribution in [-0.2, 0) is 0 Å². The van der Waals surface area contributed by atoms with Gasteiger partial charge in [0.15, 0.2) is 0 Å². The van der Waals surface area contributed by atoms with Gasteiger partial charge in [-0.1, -0.05) is 27.2 Å². The smallest absolute Gasteiger partial charge is 0.0175 e. The molecule has 3 atom stereocenters. The van der Waals surface area contributed by atoms with Gasteiger partial charge in [-0.05, 0) is 61.9 Å². The first kappa shape index (κ1) is 13.9. The number of nitrogens with zero attached hydrogens (tertiary/aromatic N) is 1. The highest BCUT2D eigenvalue weighted by Gasteiger charge is 2.58. The van der Waals surface area contributed by atoms with Gasteiger partial charge in [0.2, 0.25) is 0 Å². The molecular formula is C17H32N2. The first-order valence-corrected chi connectivity index (χ1v) is 8.48. The zero-order valence-electron chi connectivity index (χ0n) is 13.2. The van der Waals surface area contributed by atoms with Gasteiger partial charge in [0, 0.05) is 19.1 Å². The number of likely N-dealkylation sites (tertiary alicyclic amines) is 1. The van der Waals surface area contributed by atoms with Gasteiger partial charge < -0.3 is 10.2 Å². The third kappa shape index (κ3) is 2.47. The minimum Gasteiger partial charge on any atom is -0.312 e. The SMILES string of the molecule is CC12CCC(C1)C(C)(C)C2NCCN1CCCCC1. The predicted octanol–water partition coefficient (Wildman–Crippen LogP) is 3.28. The van der Waals surface area contributed by atoms with Crippen LogP contribution in [-0.4, -0.2) is 37.1 Å². The maximum absolute atomic E-state index is 3.95. The Hall–Kier alpha value is -0.0800. The molecule has 0 spiro atoms. The quantitative estimate of drug-likeness (QED) is 0.838. The maximum Gasteiger partial charge on any atom is 0.0175 e. The number of hydrogen-bond acceptors (Lipinski definition) is 2. The fourth-order valence-corrected chi connectivity index (χ4v) is 5.36. The molecule has 2 saturated carbocycles. The molecule has 1 N–H and O–H groups in total. The van der Waals surface area contributed by atoms with E-state index in [9.17, 15) is 0 Å². The summed E-state index contributed by atoms with van der Waals surface area (Å²) in [5.41, 5.74) is 1.09. The number of piperidine rings is 1. The molecular weight excluding hydrogens is 232 g/mol. The standard InChI is InChI=1S/C17H32N2/c1-16(2)14-7-8-17(3,13-14)15(16)18-9-12-19-10-5-4-6-11-19/h14-15,18H,4-13H2,1-3H3. The Morgan fingerprint density at radius 2 is 1.84 bits per heavy atom. The highest BCUT2D eigenvalue weighted by Crippen LogP contribution is 2.62. The summed E-state index contributed by atoms with van der Waals surface area (Å²) in [4.78, 5) is 2.65. The summed E-state index contributed by atoms with van der Waals surface area (Å²) in [5.74, 6) is 0.963. The van der Waals surface area contributed by atoms with E-state index < -0.39 is 0 Å². The molecule has 0 aromatic heterocycles. The third-order valence-corrected chi connectivity index (χ3v) is 6.49. The molecule has 2 aliphatic carbocycles. The molecule has 3 rings (SSSR count). The molecule has 1 saturated heterocycles. The molecule has 19 heavy (non-hydrogen) atoms. The Morgan fingerprint density at radius 3 is 2.47 bits per heavy atom. The lowest BCUT2D eigenvalue weighted by molar-refractivity contribution is 0.104. The molecule has 2 bridgehead atoms. The average molecular weight is 264 g/mol. The summed E-state index contributed by atoms with van der Waals surface area (Å²) in [6.45, 7) is 12.6. The largest absolute Gasteiger partial charge is 0.312 e. The van der Waals surface area contributed by atoms with Crippen molar-refractivity contribution >= 4 is 0 Å². The highest BCUT2D eigenvalue weighted by atomic mass is 15.1. The highest BCUT2D eigenvalue weighted by molar-refractivity contribution is 5.11. The summed E-state index contributed by atoms with van der Waals surface area (Å²) in [5, 5.41) is 3.95. The Kier molecular flexibility index (Phi) is 3.68. The predicted molar refractivity (Wildman–Crippen MR) is 81.3 cm³/mol. The van der Waals surface area contributed by atoms with Crippen LogP contribution >= 0.6 is 0 Å². The van der Waals surface area contributed by atoms with Crippen LogP contribution in [0.5, 0.6) is 0 Å². The van der Waals surface area contributed by atoms with E-state index in [4.69, 9.17) is 0 Å². The van der Waals surface area contributed by atoms with E-state index in [0.717, 1.165) is 12.0 Å².